The minimum Gasteiger partial charge on any atom is -0.268 e. The number of hydrogen-bond acceptors (Lipinski definition) is 4. The summed E-state index contributed by atoms with van der Waals surface area (Å²) >= 11 is 0. The number of rotatable bonds is 6. The maximum atomic E-state index is 13.3. The van der Waals surface area contributed by atoms with Crippen molar-refractivity contribution in [3.8, 4) is 0 Å². The quantitative estimate of drug-likeness (QED) is 0.691. The molecule has 2 amide bonds. The van der Waals surface area contributed by atoms with Crippen LogP contribution in [0, 0.1) is 0 Å². The highest BCUT2D eigenvalue weighted by Gasteiger charge is 2.40. The van der Waals surface area contributed by atoms with E-state index in [2.05, 4.69) is 4.72 Å². The van der Waals surface area contributed by atoms with E-state index >= 15 is 0 Å². The van der Waals surface area contributed by atoms with Crippen molar-refractivity contribution < 1.29 is 18.0 Å². The van der Waals surface area contributed by atoms with E-state index < -0.39 is 21.8 Å². The SMILES string of the molecule is CC(C)NS(=O)(=O)c1ccc2c(c1)C(=O)N(c1c(C(C)C)cccc1C(C)C)C2=O. The Balaban J connectivity index is 2.16. The minimum atomic E-state index is -3.78. The van der Waals surface area contributed by atoms with Crippen LogP contribution in [0.15, 0.2) is 41.3 Å². The number of amides is 2. The van der Waals surface area contributed by atoms with Gasteiger partial charge in [-0.1, -0.05) is 45.9 Å². The average Bonchev–Trinajstić information content (AvgIpc) is 2.90. The third-order valence-electron chi connectivity index (χ3n) is 5.13. The van der Waals surface area contributed by atoms with Crippen molar-refractivity contribution in [3.63, 3.8) is 0 Å². The first-order chi connectivity index (χ1) is 14.0. The maximum Gasteiger partial charge on any atom is 0.266 e. The lowest BCUT2D eigenvalue weighted by molar-refractivity contribution is 0.0925. The van der Waals surface area contributed by atoms with Crippen LogP contribution < -0.4 is 9.62 Å². The molecule has 0 atom stereocenters. The molecule has 1 heterocycles. The minimum absolute atomic E-state index is 0.0285. The first-order valence-corrected chi connectivity index (χ1v) is 11.6. The average molecular weight is 429 g/mol. The summed E-state index contributed by atoms with van der Waals surface area (Å²) < 4.78 is 27.6. The van der Waals surface area contributed by atoms with Crippen molar-refractivity contribution >= 4 is 27.5 Å². The molecule has 0 radical (unpaired) electrons. The van der Waals surface area contributed by atoms with Crippen LogP contribution in [0.4, 0.5) is 5.69 Å². The molecular formula is C23H28N2O4S. The number of imide groups is 1. The predicted octanol–water partition coefficient (Wildman–Crippen LogP) is 4.42. The van der Waals surface area contributed by atoms with Gasteiger partial charge in [-0.15, -0.1) is 0 Å². The van der Waals surface area contributed by atoms with Crippen molar-refractivity contribution in [3.05, 3.63) is 58.7 Å². The fourth-order valence-corrected chi connectivity index (χ4v) is 5.02. The van der Waals surface area contributed by atoms with Crippen LogP contribution >= 0.6 is 0 Å². The number of benzene rings is 2. The largest absolute Gasteiger partial charge is 0.268 e. The van der Waals surface area contributed by atoms with E-state index in [9.17, 15) is 18.0 Å². The van der Waals surface area contributed by atoms with Gasteiger partial charge in [0.1, 0.15) is 0 Å². The molecule has 7 heteroatoms. The molecule has 30 heavy (non-hydrogen) atoms. The Hall–Kier alpha value is -2.51. The smallest absolute Gasteiger partial charge is 0.266 e. The third kappa shape index (κ3) is 3.79. The molecule has 1 aliphatic heterocycles. The number of nitrogens with zero attached hydrogens (tertiary/aromatic N) is 1. The van der Waals surface area contributed by atoms with Gasteiger partial charge < -0.3 is 0 Å². The maximum absolute atomic E-state index is 13.3. The van der Waals surface area contributed by atoms with Gasteiger partial charge in [0.15, 0.2) is 0 Å². The Morgan fingerprint density at radius 2 is 1.33 bits per heavy atom. The number of fused-ring (bicyclic) bond motifs is 1. The molecule has 1 aliphatic rings. The Labute approximate surface area is 178 Å². The van der Waals surface area contributed by atoms with Crippen LogP contribution in [-0.2, 0) is 10.0 Å². The van der Waals surface area contributed by atoms with Gasteiger partial charge in [-0.3, -0.25) is 9.59 Å². The second kappa shape index (κ2) is 7.96. The van der Waals surface area contributed by atoms with Gasteiger partial charge in [0.05, 0.1) is 21.7 Å². The summed E-state index contributed by atoms with van der Waals surface area (Å²) in [6, 6.07) is 9.61. The molecule has 3 rings (SSSR count). The lowest BCUT2D eigenvalue weighted by Crippen LogP contribution is -2.32. The standard InChI is InChI=1S/C23H28N2O4S/c1-13(2)17-8-7-9-18(14(3)4)21(17)25-22(26)19-11-10-16(12-20(19)23(25)27)30(28,29)24-15(5)6/h7-15,24H,1-6H3. The molecule has 160 valence electrons. The summed E-state index contributed by atoms with van der Waals surface area (Å²) in [6.45, 7) is 11.5. The van der Waals surface area contributed by atoms with Crippen molar-refractivity contribution in [2.24, 2.45) is 0 Å². The van der Waals surface area contributed by atoms with Crippen molar-refractivity contribution in [1.29, 1.82) is 0 Å². The first kappa shape index (κ1) is 22.2. The fourth-order valence-electron chi connectivity index (χ4n) is 3.74. The summed E-state index contributed by atoms with van der Waals surface area (Å²) in [7, 11) is -3.78. The number of hydrogen-bond donors (Lipinski definition) is 1. The van der Waals surface area contributed by atoms with Crippen molar-refractivity contribution in [2.75, 3.05) is 4.90 Å². The zero-order valence-corrected chi connectivity index (χ0v) is 19.0. The second-order valence-corrected chi connectivity index (χ2v) is 10.2. The Morgan fingerprint density at radius 1 is 0.800 bits per heavy atom. The topological polar surface area (TPSA) is 83.6 Å². The van der Waals surface area contributed by atoms with E-state index in [-0.39, 0.29) is 33.9 Å². The predicted molar refractivity (Wildman–Crippen MR) is 118 cm³/mol. The molecule has 0 saturated heterocycles. The van der Waals surface area contributed by atoms with E-state index in [0.29, 0.717) is 5.69 Å². The van der Waals surface area contributed by atoms with Gasteiger partial charge in [0, 0.05) is 6.04 Å². The highest BCUT2D eigenvalue weighted by molar-refractivity contribution is 7.89. The van der Waals surface area contributed by atoms with Crippen LogP contribution in [0.5, 0.6) is 0 Å². The highest BCUT2D eigenvalue weighted by atomic mass is 32.2. The van der Waals surface area contributed by atoms with E-state index in [4.69, 9.17) is 0 Å². The second-order valence-electron chi connectivity index (χ2n) is 8.52. The molecule has 0 saturated carbocycles. The number of sulfonamides is 1. The summed E-state index contributed by atoms with van der Waals surface area (Å²) in [4.78, 5) is 27.8. The van der Waals surface area contributed by atoms with Crippen molar-refractivity contribution in [2.45, 2.75) is 64.3 Å². The molecule has 1 N–H and O–H groups in total. The van der Waals surface area contributed by atoms with Crippen molar-refractivity contribution in [1.82, 2.24) is 4.72 Å². The van der Waals surface area contributed by atoms with Gasteiger partial charge >= 0.3 is 0 Å². The number of para-hydroxylation sites is 1. The van der Waals surface area contributed by atoms with Gasteiger partial charge in [0.2, 0.25) is 10.0 Å². The summed E-state index contributed by atoms with van der Waals surface area (Å²) in [6.07, 6.45) is 0. The van der Waals surface area contributed by atoms with E-state index in [1.165, 1.54) is 23.1 Å². The lowest BCUT2D eigenvalue weighted by atomic mass is 9.92. The molecule has 0 aliphatic carbocycles. The first-order valence-electron chi connectivity index (χ1n) is 10.1. The summed E-state index contributed by atoms with van der Waals surface area (Å²) in [5.74, 6) is -0.708. The Morgan fingerprint density at radius 3 is 1.83 bits per heavy atom. The molecule has 0 spiro atoms. The number of carbonyl (C=O) groups is 2. The van der Waals surface area contributed by atoms with Crippen LogP contribution in [0.3, 0.4) is 0 Å². The van der Waals surface area contributed by atoms with E-state index in [0.717, 1.165) is 11.1 Å². The molecule has 0 fully saturated rings. The number of nitrogens with one attached hydrogen (secondary N) is 1. The summed E-state index contributed by atoms with van der Waals surface area (Å²) in [5, 5.41) is 0. The van der Waals surface area contributed by atoms with E-state index in [1.807, 2.05) is 45.9 Å². The molecule has 0 bridgehead atoms. The zero-order valence-electron chi connectivity index (χ0n) is 18.2. The van der Waals surface area contributed by atoms with Crippen LogP contribution in [0.25, 0.3) is 0 Å². The molecular weight excluding hydrogens is 400 g/mol. The number of anilines is 1. The van der Waals surface area contributed by atoms with E-state index in [1.54, 1.807) is 13.8 Å². The van der Waals surface area contributed by atoms with Gasteiger partial charge in [0.25, 0.3) is 11.8 Å². The third-order valence-corrected chi connectivity index (χ3v) is 6.78. The molecule has 2 aromatic carbocycles. The summed E-state index contributed by atoms with van der Waals surface area (Å²) in [5.41, 5.74) is 2.75. The van der Waals surface area contributed by atoms with Gasteiger partial charge in [-0.05, 0) is 55.0 Å². The number of carbonyl (C=O) groups excluding carboxylic acids is 2. The molecule has 2 aromatic rings. The fraction of sp³-hybridized carbons (Fsp3) is 0.391. The van der Waals surface area contributed by atoms with Crippen LogP contribution in [-0.4, -0.2) is 26.3 Å². The van der Waals surface area contributed by atoms with Crippen LogP contribution in [0.1, 0.15) is 85.2 Å². The monoisotopic (exact) mass is 428 g/mol. The molecule has 0 unspecified atom stereocenters. The molecule has 0 aromatic heterocycles. The Kier molecular flexibility index (Phi) is 5.89. The highest BCUT2D eigenvalue weighted by Crippen LogP contribution is 2.39. The van der Waals surface area contributed by atoms with Gasteiger partial charge in [-0.2, -0.15) is 0 Å². The molecule has 6 nitrogen and oxygen atoms in total. The lowest BCUT2D eigenvalue weighted by Gasteiger charge is -2.25. The van der Waals surface area contributed by atoms with Gasteiger partial charge in [-0.25, -0.2) is 18.0 Å². The Bertz CT molecular complexity index is 1090. The van der Waals surface area contributed by atoms with Crippen LogP contribution in [0.2, 0.25) is 0 Å². The normalized spacial score (nSPS) is 14.4. The zero-order chi connectivity index (χ0) is 22.4.